The second-order valence-corrected chi connectivity index (χ2v) is 8.34. The van der Waals surface area contributed by atoms with Crippen LogP contribution in [0.25, 0.3) is 0 Å². The van der Waals surface area contributed by atoms with Gasteiger partial charge in [0.05, 0.1) is 16.5 Å². The number of fused-ring (bicyclic) bond motifs is 1. The Morgan fingerprint density at radius 3 is 2.57 bits per heavy atom. The molecule has 0 aliphatic heterocycles. The third-order valence-corrected chi connectivity index (χ3v) is 5.35. The number of benzene rings is 2. The van der Waals surface area contributed by atoms with Gasteiger partial charge in [-0.15, -0.1) is 0 Å². The van der Waals surface area contributed by atoms with Crippen LogP contribution in [-0.4, -0.2) is 20.6 Å². The molecule has 1 aliphatic carbocycles. The van der Waals surface area contributed by atoms with Crippen molar-refractivity contribution >= 4 is 15.8 Å². The average Bonchev–Trinajstić information content (AvgIpc) is 2.89. The number of nitrogens with zero attached hydrogens (tertiary/aromatic N) is 1. The van der Waals surface area contributed by atoms with Crippen LogP contribution in [0.4, 0.5) is 8.78 Å². The summed E-state index contributed by atoms with van der Waals surface area (Å²) < 4.78 is 63.4. The lowest BCUT2D eigenvalue weighted by atomic mass is 10.1. The van der Waals surface area contributed by atoms with E-state index in [1.165, 1.54) is 18.2 Å². The van der Waals surface area contributed by atoms with Crippen molar-refractivity contribution in [3.05, 3.63) is 52.8 Å². The summed E-state index contributed by atoms with van der Waals surface area (Å²) in [4.78, 5) is 11.2. The minimum absolute atomic E-state index is 0.00832. The zero-order chi connectivity index (χ0) is 20.6. The van der Waals surface area contributed by atoms with Gasteiger partial charge in [-0.3, -0.25) is 4.79 Å². The average molecular weight is 407 g/mol. The van der Waals surface area contributed by atoms with E-state index in [2.05, 4.69) is 0 Å². The van der Waals surface area contributed by atoms with E-state index in [0.717, 1.165) is 25.3 Å². The van der Waals surface area contributed by atoms with Gasteiger partial charge >= 0.3 is 5.97 Å². The van der Waals surface area contributed by atoms with E-state index >= 15 is 0 Å². The summed E-state index contributed by atoms with van der Waals surface area (Å²) in [5.74, 6) is -1.49. The van der Waals surface area contributed by atoms with Gasteiger partial charge in [-0.05, 0) is 24.3 Å². The van der Waals surface area contributed by atoms with Gasteiger partial charge < -0.3 is 9.47 Å². The SMILES string of the molecule is CC(=O)O[C@@H]1C[C@@H](F)c2c(Oc3cc(F)cc(C#N)c3)ccc(S(C)(=O)=O)c21. The first kappa shape index (κ1) is 19.8. The molecule has 0 N–H and O–H groups in total. The number of halogens is 2. The van der Waals surface area contributed by atoms with E-state index in [4.69, 9.17) is 14.7 Å². The van der Waals surface area contributed by atoms with Crippen LogP contribution < -0.4 is 4.74 Å². The number of carbonyl (C=O) groups excluding carboxylic acids is 1. The number of esters is 1. The minimum Gasteiger partial charge on any atom is -0.457 e. The Morgan fingerprint density at radius 1 is 1.25 bits per heavy atom. The molecule has 0 radical (unpaired) electrons. The number of rotatable bonds is 4. The van der Waals surface area contributed by atoms with Gasteiger partial charge in [-0.2, -0.15) is 5.26 Å². The molecule has 0 bridgehead atoms. The highest BCUT2D eigenvalue weighted by atomic mass is 32.2. The van der Waals surface area contributed by atoms with Crippen LogP contribution in [0.1, 0.15) is 42.3 Å². The van der Waals surface area contributed by atoms with Crippen molar-refractivity contribution in [2.24, 2.45) is 0 Å². The molecule has 0 unspecified atom stereocenters. The van der Waals surface area contributed by atoms with E-state index in [1.807, 2.05) is 0 Å². The maximum atomic E-state index is 14.8. The molecule has 0 amide bonds. The molecule has 2 aromatic carbocycles. The van der Waals surface area contributed by atoms with E-state index < -0.39 is 33.9 Å². The van der Waals surface area contributed by atoms with Crippen molar-refractivity contribution in [3.63, 3.8) is 0 Å². The summed E-state index contributed by atoms with van der Waals surface area (Å²) >= 11 is 0. The molecule has 0 aromatic heterocycles. The molecular formula is C19H15F2NO5S. The molecule has 2 aromatic rings. The molecule has 0 fully saturated rings. The largest absolute Gasteiger partial charge is 0.457 e. The fourth-order valence-electron chi connectivity index (χ4n) is 3.21. The molecule has 0 saturated heterocycles. The number of hydrogen-bond acceptors (Lipinski definition) is 6. The van der Waals surface area contributed by atoms with Crippen LogP contribution in [0.3, 0.4) is 0 Å². The Bertz CT molecular complexity index is 1110. The Labute approximate surface area is 160 Å². The van der Waals surface area contributed by atoms with Crippen LogP contribution in [-0.2, 0) is 19.4 Å². The monoisotopic (exact) mass is 407 g/mol. The maximum Gasteiger partial charge on any atom is 0.303 e. The molecule has 0 spiro atoms. The number of sulfone groups is 1. The number of alkyl halides is 1. The lowest BCUT2D eigenvalue weighted by Gasteiger charge is -2.17. The van der Waals surface area contributed by atoms with Crippen molar-refractivity contribution < 1.29 is 31.5 Å². The summed E-state index contributed by atoms with van der Waals surface area (Å²) in [5, 5.41) is 8.95. The highest BCUT2D eigenvalue weighted by Crippen LogP contribution is 2.50. The first-order valence-electron chi connectivity index (χ1n) is 8.17. The second kappa shape index (κ2) is 7.20. The number of nitriles is 1. The van der Waals surface area contributed by atoms with Crippen molar-refractivity contribution in [3.8, 4) is 17.6 Å². The Balaban J connectivity index is 2.15. The van der Waals surface area contributed by atoms with E-state index in [9.17, 15) is 22.0 Å². The zero-order valence-corrected chi connectivity index (χ0v) is 15.7. The van der Waals surface area contributed by atoms with Gasteiger partial charge in [-0.25, -0.2) is 17.2 Å². The van der Waals surface area contributed by atoms with Gasteiger partial charge in [0, 0.05) is 36.8 Å². The lowest BCUT2D eigenvalue weighted by molar-refractivity contribution is -0.147. The van der Waals surface area contributed by atoms with E-state index in [1.54, 1.807) is 6.07 Å². The third kappa shape index (κ3) is 3.82. The van der Waals surface area contributed by atoms with Crippen LogP contribution >= 0.6 is 0 Å². The highest BCUT2D eigenvalue weighted by Gasteiger charge is 2.40. The van der Waals surface area contributed by atoms with Gasteiger partial charge in [0.25, 0.3) is 0 Å². The molecule has 1 aliphatic rings. The fourth-order valence-corrected chi connectivity index (χ4v) is 4.16. The van der Waals surface area contributed by atoms with Crippen molar-refractivity contribution in [1.29, 1.82) is 5.26 Å². The van der Waals surface area contributed by atoms with Crippen LogP contribution in [0.2, 0.25) is 0 Å². The van der Waals surface area contributed by atoms with E-state index in [-0.39, 0.29) is 39.5 Å². The predicted molar refractivity (Wildman–Crippen MR) is 93.7 cm³/mol. The molecule has 146 valence electrons. The highest BCUT2D eigenvalue weighted by molar-refractivity contribution is 7.90. The minimum atomic E-state index is -3.74. The van der Waals surface area contributed by atoms with Gasteiger partial charge in [0.15, 0.2) is 9.84 Å². The molecule has 6 nitrogen and oxygen atoms in total. The molecule has 2 atom stereocenters. The summed E-state index contributed by atoms with van der Waals surface area (Å²) in [6.07, 6.45) is -2.03. The van der Waals surface area contributed by atoms with E-state index in [0.29, 0.717) is 0 Å². The molecule has 0 saturated carbocycles. The van der Waals surface area contributed by atoms with Crippen molar-refractivity contribution in [2.45, 2.75) is 30.5 Å². The molecule has 3 rings (SSSR count). The van der Waals surface area contributed by atoms with Crippen molar-refractivity contribution in [2.75, 3.05) is 6.26 Å². The Morgan fingerprint density at radius 2 is 1.96 bits per heavy atom. The van der Waals surface area contributed by atoms with Gasteiger partial charge in [-0.1, -0.05) is 0 Å². The number of hydrogen-bond donors (Lipinski definition) is 0. The summed E-state index contributed by atoms with van der Waals surface area (Å²) in [7, 11) is -3.74. The van der Waals surface area contributed by atoms with Crippen LogP contribution in [0, 0.1) is 17.1 Å². The summed E-state index contributed by atoms with van der Waals surface area (Å²) in [5.41, 5.74) is -0.0504. The molecule has 0 heterocycles. The van der Waals surface area contributed by atoms with Gasteiger partial charge in [0.1, 0.15) is 29.6 Å². The Kier molecular flexibility index (Phi) is 5.08. The summed E-state index contributed by atoms with van der Waals surface area (Å²) in [6.45, 7) is 1.14. The quantitative estimate of drug-likeness (QED) is 0.714. The Hall–Kier alpha value is -2.99. The van der Waals surface area contributed by atoms with Crippen LogP contribution in [0.5, 0.6) is 11.5 Å². The third-order valence-electron chi connectivity index (χ3n) is 4.20. The maximum absolute atomic E-state index is 14.8. The number of ether oxygens (including phenoxy) is 2. The van der Waals surface area contributed by atoms with Crippen molar-refractivity contribution in [1.82, 2.24) is 0 Å². The lowest BCUT2D eigenvalue weighted by Crippen LogP contribution is -2.10. The fraction of sp³-hybridized carbons (Fsp3) is 0.263. The smallest absolute Gasteiger partial charge is 0.303 e. The first-order chi connectivity index (χ1) is 13.1. The normalized spacial score (nSPS) is 18.2. The first-order valence-corrected chi connectivity index (χ1v) is 10.1. The second-order valence-electron chi connectivity index (χ2n) is 6.35. The predicted octanol–water partition coefficient (Wildman–Crippen LogP) is 3.91. The molecular weight excluding hydrogens is 392 g/mol. The topological polar surface area (TPSA) is 93.5 Å². The standard InChI is InChI=1S/C19H15F2NO5S/c1-10(23)26-16-8-14(21)18-15(3-4-17(19(16)18)28(2,24)25)27-13-6-11(9-22)5-12(20)7-13/h3-7,14,16H,8H2,1-2H3/t14-,16-/m1/s1. The molecule has 9 heteroatoms. The summed E-state index contributed by atoms with van der Waals surface area (Å²) in [6, 6.07) is 7.56. The zero-order valence-electron chi connectivity index (χ0n) is 14.9. The molecule has 28 heavy (non-hydrogen) atoms. The van der Waals surface area contributed by atoms with Crippen LogP contribution in [0.15, 0.2) is 35.2 Å². The van der Waals surface area contributed by atoms with Gasteiger partial charge in [0.2, 0.25) is 0 Å². The number of carbonyl (C=O) groups is 1.